The summed E-state index contributed by atoms with van der Waals surface area (Å²) in [6.45, 7) is 3.19. The van der Waals surface area contributed by atoms with Crippen LogP contribution in [-0.2, 0) is 25.0 Å². The Bertz CT molecular complexity index is 2330. The fourth-order valence-corrected chi connectivity index (χ4v) is 9.40. The topological polar surface area (TPSA) is 87.4 Å². The van der Waals surface area contributed by atoms with Crippen LogP contribution in [-0.4, -0.2) is 29.8 Å². The van der Waals surface area contributed by atoms with Crippen molar-refractivity contribution < 1.29 is 0 Å². The maximum absolute atomic E-state index is 6.53. The van der Waals surface area contributed by atoms with Gasteiger partial charge in [0.15, 0.2) is 10.7 Å². The van der Waals surface area contributed by atoms with E-state index in [1.165, 1.54) is 63.4 Å². The minimum absolute atomic E-state index is 0.346. The van der Waals surface area contributed by atoms with E-state index in [1.807, 2.05) is 10.9 Å². The number of aryl methyl sites for hydroxylation is 1. The molecule has 0 saturated heterocycles. The number of nitrogens with two attached hydrogens (primary N) is 1. The average Bonchev–Trinajstić information content (AvgIpc) is 3.90. The molecular formula is C51H56ClN7. The minimum atomic E-state index is -0.867. The molecule has 7 aromatic rings. The SMILES string of the molecule is CCCCc1nc(Cl)c(CN)n1Cc1ccc(-c2ccccc2-c2nnn(C(c3ccccc3)(c3ccccc3)c3ccc(C4CCCCCCCCC4)cc3)n2)cc1. The Morgan fingerprint density at radius 2 is 1.25 bits per heavy atom. The largest absolute Gasteiger partial charge is 0.325 e. The van der Waals surface area contributed by atoms with Gasteiger partial charge in [0, 0.05) is 25.1 Å². The molecule has 0 spiro atoms. The van der Waals surface area contributed by atoms with Gasteiger partial charge in [0.25, 0.3) is 0 Å². The van der Waals surface area contributed by atoms with Crippen LogP contribution >= 0.6 is 11.6 Å². The van der Waals surface area contributed by atoms with E-state index in [1.54, 1.807) is 0 Å². The van der Waals surface area contributed by atoms with Crippen LogP contribution in [0.4, 0.5) is 0 Å². The molecular weight excluding hydrogens is 746 g/mol. The number of aromatic nitrogens is 6. The third-order valence-electron chi connectivity index (χ3n) is 12.3. The lowest BCUT2D eigenvalue weighted by atomic mass is 9.76. The second-order valence-electron chi connectivity index (χ2n) is 16.1. The summed E-state index contributed by atoms with van der Waals surface area (Å²) in [5, 5.41) is 15.6. The highest BCUT2D eigenvalue weighted by Crippen LogP contribution is 2.42. The first kappa shape index (κ1) is 40.4. The summed E-state index contributed by atoms with van der Waals surface area (Å²) < 4.78 is 2.18. The molecule has 0 atom stereocenters. The molecule has 302 valence electrons. The quantitative estimate of drug-likeness (QED) is 0.117. The second kappa shape index (κ2) is 19.1. The Labute approximate surface area is 354 Å². The van der Waals surface area contributed by atoms with E-state index in [4.69, 9.17) is 32.7 Å². The molecule has 59 heavy (non-hydrogen) atoms. The van der Waals surface area contributed by atoms with Gasteiger partial charge in [-0.2, -0.15) is 0 Å². The lowest BCUT2D eigenvalue weighted by molar-refractivity contribution is 0.395. The predicted octanol–water partition coefficient (Wildman–Crippen LogP) is 12.2. The number of tetrazole rings is 1. The molecule has 5 aromatic carbocycles. The number of benzene rings is 5. The molecule has 0 amide bonds. The summed E-state index contributed by atoms with van der Waals surface area (Å²) in [5.74, 6) is 2.14. The highest BCUT2D eigenvalue weighted by molar-refractivity contribution is 6.30. The normalized spacial score (nSPS) is 14.4. The molecule has 0 bridgehead atoms. The van der Waals surface area contributed by atoms with Crippen LogP contribution < -0.4 is 5.73 Å². The molecule has 8 heteroatoms. The van der Waals surface area contributed by atoms with Crippen LogP contribution in [0.3, 0.4) is 0 Å². The Kier molecular flexibility index (Phi) is 13.1. The first-order valence-electron chi connectivity index (χ1n) is 21.7. The fraction of sp³-hybridized carbons (Fsp3) is 0.333. The Morgan fingerprint density at radius 3 is 1.86 bits per heavy atom. The molecule has 0 radical (unpaired) electrons. The third-order valence-corrected chi connectivity index (χ3v) is 12.6. The van der Waals surface area contributed by atoms with E-state index < -0.39 is 5.54 Å². The zero-order chi connectivity index (χ0) is 40.4. The first-order valence-corrected chi connectivity index (χ1v) is 22.1. The van der Waals surface area contributed by atoms with Gasteiger partial charge in [-0.25, -0.2) is 4.98 Å². The number of halogens is 1. The Morgan fingerprint density at radius 1 is 0.678 bits per heavy atom. The van der Waals surface area contributed by atoms with E-state index in [-0.39, 0.29) is 0 Å². The molecule has 1 aliphatic rings. The van der Waals surface area contributed by atoms with E-state index >= 15 is 0 Å². The molecule has 8 rings (SSSR count). The number of unbranched alkanes of at least 4 members (excludes halogenated alkanes) is 1. The molecule has 2 heterocycles. The number of nitrogens with zero attached hydrogens (tertiary/aromatic N) is 6. The standard InChI is InChI=1S/C51H56ClN7/c1-2-3-27-48-54-49(52)47(36-53)58(48)37-38-28-30-41(31-29-38)45-25-17-18-26-46(45)50-55-57-59(56-50)51(42-21-13-9-14-22-42,43-23-15-10-16-24-43)44-34-32-40(33-35-44)39-19-11-7-5-4-6-8-12-20-39/h9-10,13-18,21-26,28-35,39H,2-8,11-12,19-20,27,36-37,53H2,1H3. The smallest absolute Gasteiger partial charge is 0.205 e. The van der Waals surface area contributed by atoms with Crippen molar-refractivity contribution in [2.75, 3.05) is 0 Å². The molecule has 1 aliphatic carbocycles. The van der Waals surface area contributed by atoms with E-state index in [2.05, 4.69) is 144 Å². The van der Waals surface area contributed by atoms with E-state index in [0.29, 0.717) is 30.0 Å². The summed E-state index contributed by atoms with van der Waals surface area (Å²) in [5.41, 5.74) is 15.0. The van der Waals surface area contributed by atoms with E-state index in [9.17, 15) is 0 Å². The molecule has 0 unspecified atom stereocenters. The van der Waals surface area contributed by atoms with Crippen molar-refractivity contribution in [2.24, 2.45) is 5.73 Å². The highest BCUT2D eigenvalue weighted by Gasteiger charge is 2.41. The number of rotatable bonds is 13. The molecule has 1 saturated carbocycles. The van der Waals surface area contributed by atoms with Gasteiger partial charge in [0.05, 0.1) is 5.69 Å². The van der Waals surface area contributed by atoms with Gasteiger partial charge in [0.1, 0.15) is 5.82 Å². The molecule has 1 fully saturated rings. The van der Waals surface area contributed by atoms with E-state index in [0.717, 1.165) is 69.7 Å². The van der Waals surface area contributed by atoms with Crippen molar-refractivity contribution in [3.8, 4) is 22.5 Å². The van der Waals surface area contributed by atoms with Gasteiger partial charge >= 0.3 is 0 Å². The van der Waals surface area contributed by atoms with Crippen molar-refractivity contribution in [2.45, 2.75) is 109 Å². The zero-order valence-corrected chi connectivity index (χ0v) is 35.1. The highest BCUT2D eigenvalue weighted by atomic mass is 35.5. The van der Waals surface area contributed by atoms with Gasteiger partial charge in [0.2, 0.25) is 5.82 Å². The summed E-state index contributed by atoms with van der Waals surface area (Å²) in [4.78, 5) is 6.50. The first-order chi connectivity index (χ1) is 29.1. The van der Waals surface area contributed by atoms with Crippen LogP contribution in [0.5, 0.6) is 0 Å². The Hall–Kier alpha value is -5.37. The van der Waals surface area contributed by atoms with Gasteiger partial charge < -0.3 is 10.3 Å². The van der Waals surface area contributed by atoms with Crippen LogP contribution in [0.1, 0.15) is 123 Å². The van der Waals surface area contributed by atoms with Crippen molar-refractivity contribution in [3.05, 3.63) is 178 Å². The summed E-state index contributed by atoms with van der Waals surface area (Å²) in [7, 11) is 0. The average molecular weight is 803 g/mol. The molecule has 2 aromatic heterocycles. The summed E-state index contributed by atoms with van der Waals surface area (Å²) in [6, 6.07) is 47.6. The molecule has 0 aliphatic heterocycles. The second-order valence-corrected chi connectivity index (χ2v) is 16.5. The third kappa shape index (κ3) is 8.69. The van der Waals surface area contributed by atoms with Gasteiger partial charge in [-0.3, -0.25) is 0 Å². The van der Waals surface area contributed by atoms with Gasteiger partial charge in [-0.15, -0.1) is 15.0 Å². The van der Waals surface area contributed by atoms with Crippen molar-refractivity contribution >= 4 is 11.6 Å². The fourth-order valence-electron chi connectivity index (χ4n) is 9.12. The monoisotopic (exact) mass is 801 g/mol. The van der Waals surface area contributed by atoms with Crippen molar-refractivity contribution in [3.63, 3.8) is 0 Å². The van der Waals surface area contributed by atoms with Crippen molar-refractivity contribution in [1.82, 2.24) is 29.8 Å². The number of imidazole rings is 1. The van der Waals surface area contributed by atoms with Gasteiger partial charge in [-0.1, -0.05) is 203 Å². The Balaban J connectivity index is 1.16. The molecule has 7 nitrogen and oxygen atoms in total. The lowest BCUT2D eigenvalue weighted by Crippen LogP contribution is -2.39. The maximum Gasteiger partial charge on any atom is 0.205 e. The number of hydrogen-bond donors (Lipinski definition) is 1. The van der Waals surface area contributed by atoms with Gasteiger partial charge in [-0.05, 0) is 69.3 Å². The van der Waals surface area contributed by atoms with Crippen molar-refractivity contribution in [1.29, 1.82) is 0 Å². The number of hydrogen-bond acceptors (Lipinski definition) is 5. The van der Waals surface area contributed by atoms with Crippen LogP contribution in [0.15, 0.2) is 133 Å². The summed E-state index contributed by atoms with van der Waals surface area (Å²) >= 11 is 6.53. The lowest BCUT2D eigenvalue weighted by Gasteiger charge is -2.34. The predicted molar refractivity (Wildman–Crippen MR) is 240 cm³/mol. The molecule has 2 N–H and O–H groups in total. The summed E-state index contributed by atoms with van der Waals surface area (Å²) in [6.07, 6.45) is 14.9. The zero-order valence-electron chi connectivity index (χ0n) is 34.3. The van der Waals surface area contributed by atoms with Crippen LogP contribution in [0.25, 0.3) is 22.5 Å². The maximum atomic E-state index is 6.53. The minimum Gasteiger partial charge on any atom is -0.325 e. The van der Waals surface area contributed by atoms with Crippen LogP contribution in [0, 0.1) is 0 Å². The van der Waals surface area contributed by atoms with Crippen LogP contribution in [0.2, 0.25) is 5.15 Å².